The van der Waals surface area contributed by atoms with Crippen LogP contribution >= 0.6 is 0 Å². The van der Waals surface area contributed by atoms with Crippen molar-refractivity contribution in [3.63, 3.8) is 0 Å². The maximum absolute atomic E-state index is 12.7. The van der Waals surface area contributed by atoms with Gasteiger partial charge < -0.3 is 30.9 Å². The number of amides is 1. The van der Waals surface area contributed by atoms with Crippen LogP contribution in [0.1, 0.15) is 23.2 Å². The molecule has 196 valence electrons. The van der Waals surface area contributed by atoms with Crippen molar-refractivity contribution in [3.05, 3.63) is 109 Å². The van der Waals surface area contributed by atoms with Gasteiger partial charge in [-0.15, -0.1) is 0 Å². The van der Waals surface area contributed by atoms with E-state index in [1.54, 1.807) is 0 Å². The first-order valence-corrected chi connectivity index (χ1v) is 13.2. The van der Waals surface area contributed by atoms with Gasteiger partial charge >= 0.3 is 0 Å². The van der Waals surface area contributed by atoms with E-state index in [1.165, 1.54) is 5.69 Å². The number of fused-ring (bicyclic) bond motifs is 1. The highest BCUT2D eigenvalue weighted by Gasteiger charge is 2.17. The van der Waals surface area contributed by atoms with Crippen molar-refractivity contribution >= 4 is 50.9 Å². The molecule has 7 heteroatoms. The Morgan fingerprint density at radius 2 is 1.26 bits per heavy atom. The number of carbonyl (C=O) groups is 1. The van der Waals surface area contributed by atoms with Gasteiger partial charge in [-0.05, 0) is 110 Å². The smallest absolute Gasteiger partial charge is 0.255 e. The molecule has 1 aromatic heterocycles. The highest BCUT2D eigenvalue weighted by Crippen LogP contribution is 2.26. The molecule has 1 saturated heterocycles. The fourth-order valence-electron chi connectivity index (χ4n) is 4.88. The monoisotopic (exact) mass is 517 g/mol. The molecule has 0 saturated carbocycles. The maximum atomic E-state index is 12.7. The van der Waals surface area contributed by atoms with Gasteiger partial charge in [0.1, 0.15) is 0 Å². The second kappa shape index (κ2) is 10.9. The van der Waals surface area contributed by atoms with Crippen molar-refractivity contribution in [2.45, 2.75) is 18.9 Å². The van der Waals surface area contributed by atoms with Crippen LogP contribution in [0.4, 0.5) is 34.1 Å². The number of piperidine rings is 1. The Kier molecular flexibility index (Phi) is 6.89. The van der Waals surface area contributed by atoms with Gasteiger partial charge in [0, 0.05) is 69.9 Å². The molecule has 39 heavy (non-hydrogen) atoms. The summed E-state index contributed by atoms with van der Waals surface area (Å²) < 4.78 is 0. The van der Waals surface area contributed by atoms with Gasteiger partial charge in [-0.25, -0.2) is 0 Å². The average molecular weight is 518 g/mol. The van der Waals surface area contributed by atoms with Crippen LogP contribution in [0, 0.1) is 0 Å². The summed E-state index contributed by atoms with van der Waals surface area (Å²) in [5.41, 5.74) is 7.50. The number of rotatable bonds is 7. The van der Waals surface area contributed by atoms with Gasteiger partial charge in [0.05, 0.1) is 6.10 Å². The minimum atomic E-state index is -0.163. The molecule has 2 heterocycles. The number of H-pyrrole nitrogens is 1. The number of carbonyl (C=O) groups excluding carboxylic acids is 1. The van der Waals surface area contributed by atoms with E-state index in [2.05, 4.69) is 50.1 Å². The summed E-state index contributed by atoms with van der Waals surface area (Å²) in [4.78, 5) is 18.1. The van der Waals surface area contributed by atoms with Gasteiger partial charge in [0.2, 0.25) is 0 Å². The number of aliphatic hydroxyl groups is 1. The van der Waals surface area contributed by atoms with E-state index >= 15 is 0 Å². The summed E-state index contributed by atoms with van der Waals surface area (Å²) in [5.74, 6) is -0.136. The predicted molar refractivity (Wildman–Crippen MR) is 160 cm³/mol. The van der Waals surface area contributed by atoms with E-state index in [4.69, 9.17) is 0 Å². The second-order valence-corrected chi connectivity index (χ2v) is 9.90. The standard InChI is InChI=1S/C32H31N5O2/c38-30-16-19-37(20-17-30)29-12-10-27(11-13-29)35-25-4-2-24(3-5-25)34-26-6-8-28(9-7-26)36-32(39)23-1-14-31-22(21-23)15-18-33-31/h1-15,18,21,30,33-35,38H,16-17,19-20H2,(H,36,39). The number of aromatic amines is 1. The van der Waals surface area contributed by atoms with Crippen LogP contribution in [0.15, 0.2) is 103 Å². The van der Waals surface area contributed by atoms with Crippen molar-refractivity contribution in [1.29, 1.82) is 0 Å². The van der Waals surface area contributed by atoms with E-state index in [1.807, 2.05) is 79.0 Å². The summed E-state index contributed by atoms with van der Waals surface area (Å²) in [6.07, 6.45) is 3.36. The first kappa shape index (κ1) is 24.6. The number of benzene rings is 4. The van der Waals surface area contributed by atoms with Gasteiger partial charge in [-0.2, -0.15) is 0 Å². The molecule has 1 aliphatic heterocycles. The van der Waals surface area contributed by atoms with E-state index in [-0.39, 0.29) is 12.0 Å². The molecule has 0 atom stereocenters. The zero-order valence-corrected chi connectivity index (χ0v) is 21.5. The molecule has 1 aliphatic rings. The van der Waals surface area contributed by atoms with Gasteiger partial charge in [0.15, 0.2) is 0 Å². The topological polar surface area (TPSA) is 92.4 Å². The Bertz CT molecular complexity index is 1550. The van der Waals surface area contributed by atoms with Crippen molar-refractivity contribution in [1.82, 2.24) is 4.98 Å². The number of nitrogens with one attached hydrogen (secondary N) is 4. The minimum Gasteiger partial charge on any atom is -0.393 e. The Hall–Kier alpha value is -4.75. The number of hydrogen-bond donors (Lipinski definition) is 5. The second-order valence-electron chi connectivity index (χ2n) is 9.90. The molecule has 0 unspecified atom stereocenters. The normalized spacial score (nSPS) is 13.8. The van der Waals surface area contributed by atoms with Crippen molar-refractivity contribution in [3.8, 4) is 0 Å². The third kappa shape index (κ3) is 5.89. The molecule has 0 spiro atoms. The lowest BCUT2D eigenvalue weighted by atomic mass is 10.1. The van der Waals surface area contributed by atoms with Crippen molar-refractivity contribution in [2.75, 3.05) is 33.9 Å². The van der Waals surface area contributed by atoms with Crippen molar-refractivity contribution < 1.29 is 9.90 Å². The molecule has 0 aliphatic carbocycles. The summed E-state index contributed by atoms with van der Waals surface area (Å²) in [5, 5.41) is 20.6. The van der Waals surface area contributed by atoms with Crippen LogP contribution in [-0.2, 0) is 0 Å². The fourth-order valence-corrected chi connectivity index (χ4v) is 4.88. The van der Waals surface area contributed by atoms with E-state index < -0.39 is 0 Å². The third-order valence-electron chi connectivity index (χ3n) is 7.12. The average Bonchev–Trinajstić information content (AvgIpc) is 3.44. The Morgan fingerprint density at radius 1 is 0.718 bits per heavy atom. The predicted octanol–water partition coefficient (Wildman–Crippen LogP) is 6.87. The van der Waals surface area contributed by atoms with Gasteiger partial charge in [0.25, 0.3) is 5.91 Å². The number of hydrogen-bond acceptors (Lipinski definition) is 5. The zero-order valence-electron chi connectivity index (χ0n) is 21.5. The first-order valence-electron chi connectivity index (χ1n) is 13.2. The molecule has 0 bridgehead atoms. The highest BCUT2D eigenvalue weighted by molar-refractivity contribution is 6.06. The molecule has 5 N–H and O–H groups in total. The molecule has 1 amide bonds. The van der Waals surface area contributed by atoms with Crippen LogP contribution in [0.2, 0.25) is 0 Å². The van der Waals surface area contributed by atoms with E-state index in [9.17, 15) is 9.90 Å². The van der Waals surface area contributed by atoms with Crippen LogP contribution < -0.4 is 20.9 Å². The summed E-state index contributed by atoms with van der Waals surface area (Å²) >= 11 is 0. The fraction of sp³-hybridized carbons (Fsp3) is 0.156. The molecular formula is C32H31N5O2. The van der Waals surface area contributed by atoms with Crippen LogP contribution in [0.5, 0.6) is 0 Å². The Morgan fingerprint density at radius 3 is 1.85 bits per heavy atom. The quantitative estimate of drug-likeness (QED) is 0.163. The Labute approximate surface area is 227 Å². The van der Waals surface area contributed by atoms with Crippen LogP contribution in [0.25, 0.3) is 10.9 Å². The molecular weight excluding hydrogens is 486 g/mol. The van der Waals surface area contributed by atoms with Crippen LogP contribution in [-0.4, -0.2) is 35.2 Å². The summed E-state index contributed by atoms with van der Waals surface area (Å²) in [6, 6.07) is 31.8. The first-order chi connectivity index (χ1) is 19.1. The van der Waals surface area contributed by atoms with E-state index in [0.717, 1.165) is 65.3 Å². The number of nitrogens with zero attached hydrogens (tertiary/aromatic N) is 1. The zero-order chi connectivity index (χ0) is 26.6. The highest BCUT2D eigenvalue weighted by atomic mass is 16.3. The molecule has 0 radical (unpaired) electrons. The largest absolute Gasteiger partial charge is 0.393 e. The van der Waals surface area contributed by atoms with Crippen molar-refractivity contribution in [2.24, 2.45) is 0 Å². The molecule has 6 rings (SSSR count). The Balaban J connectivity index is 1.02. The third-order valence-corrected chi connectivity index (χ3v) is 7.12. The molecule has 1 fully saturated rings. The van der Waals surface area contributed by atoms with Gasteiger partial charge in [-0.3, -0.25) is 4.79 Å². The summed E-state index contributed by atoms with van der Waals surface area (Å²) in [6.45, 7) is 1.79. The summed E-state index contributed by atoms with van der Waals surface area (Å²) in [7, 11) is 0. The van der Waals surface area contributed by atoms with E-state index in [0.29, 0.717) is 5.56 Å². The number of aliphatic hydroxyl groups excluding tert-OH is 1. The number of anilines is 6. The molecule has 4 aromatic carbocycles. The SMILES string of the molecule is O=C(Nc1ccc(Nc2ccc(Nc3ccc(N4CCC(O)CC4)cc3)cc2)cc1)c1ccc2[nH]ccc2c1. The lowest BCUT2D eigenvalue weighted by Gasteiger charge is -2.31. The molecule has 7 nitrogen and oxygen atoms in total. The minimum absolute atomic E-state index is 0.136. The lowest BCUT2D eigenvalue weighted by Crippen LogP contribution is -2.35. The van der Waals surface area contributed by atoms with Gasteiger partial charge in [-0.1, -0.05) is 0 Å². The lowest BCUT2D eigenvalue weighted by molar-refractivity contribution is 0.102. The molecule has 5 aromatic rings. The maximum Gasteiger partial charge on any atom is 0.255 e. The van der Waals surface area contributed by atoms with Crippen LogP contribution in [0.3, 0.4) is 0 Å². The number of aromatic nitrogens is 1.